The van der Waals surface area contributed by atoms with Crippen molar-refractivity contribution in [1.29, 1.82) is 0 Å². The Morgan fingerprint density at radius 2 is 1.71 bits per heavy atom. The second-order valence-electron chi connectivity index (χ2n) is 5.33. The van der Waals surface area contributed by atoms with Crippen LogP contribution in [0.4, 0.5) is 4.39 Å². The van der Waals surface area contributed by atoms with Crippen LogP contribution in [0.15, 0.2) is 24.3 Å². The lowest BCUT2D eigenvalue weighted by Crippen LogP contribution is -2.57. The van der Waals surface area contributed by atoms with Crippen LogP contribution in [0.2, 0.25) is 0 Å². The molecule has 1 aliphatic rings. The lowest BCUT2D eigenvalue weighted by atomic mass is 9.72. The normalized spacial score (nSPS) is 16.7. The molecule has 4 nitrogen and oxygen atoms in total. The highest BCUT2D eigenvalue weighted by Gasteiger charge is 2.39. The molecule has 1 N–H and O–H groups in total. The smallest absolute Gasteiger partial charge is 0.127 e. The van der Waals surface area contributed by atoms with Gasteiger partial charge in [0, 0.05) is 32.2 Å². The highest BCUT2D eigenvalue weighted by Crippen LogP contribution is 2.33. The molecule has 1 fully saturated rings. The summed E-state index contributed by atoms with van der Waals surface area (Å²) in [7, 11) is 1.65. The Labute approximate surface area is 125 Å². The molecule has 1 heterocycles. The number of methoxy groups -OCH3 is 1. The van der Waals surface area contributed by atoms with Crippen molar-refractivity contribution in [2.45, 2.75) is 11.8 Å². The summed E-state index contributed by atoms with van der Waals surface area (Å²) in [6, 6.07) is 7.03. The molecule has 0 bridgehead atoms. The van der Waals surface area contributed by atoms with Gasteiger partial charge in [0.25, 0.3) is 0 Å². The van der Waals surface area contributed by atoms with Gasteiger partial charge in [0.2, 0.25) is 0 Å². The van der Waals surface area contributed by atoms with Crippen molar-refractivity contribution in [2.24, 2.45) is 0 Å². The minimum absolute atomic E-state index is 0.123. The molecule has 1 aromatic rings. The lowest BCUT2D eigenvalue weighted by Gasteiger charge is -2.43. The number of hydrogen-bond acceptors (Lipinski definition) is 4. The van der Waals surface area contributed by atoms with E-state index in [0.717, 1.165) is 25.1 Å². The minimum Gasteiger partial charge on any atom is -0.382 e. The van der Waals surface area contributed by atoms with Crippen molar-refractivity contribution in [1.82, 2.24) is 5.32 Å². The van der Waals surface area contributed by atoms with Crippen LogP contribution in [-0.4, -0.2) is 53.2 Å². The fourth-order valence-corrected chi connectivity index (χ4v) is 2.55. The lowest BCUT2D eigenvalue weighted by molar-refractivity contribution is 0.0180. The number of rotatable bonds is 10. The van der Waals surface area contributed by atoms with Crippen LogP contribution >= 0.6 is 0 Å². The highest BCUT2D eigenvalue weighted by atomic mass is 19.1. The molecule has 5 heteroatoms. The van der Waals surface area contributed by atoms with Crippen LogP contribution in [0.3, 0.4) is 0 Å². The first-order valence-electron chi connectivity index (χ1n) is 7.39. The van der Waals surface area contributed by atoms with Crippen LogP contribution in [0.1, 0.15) is 12.0 Å². The zero-order valence-electron chi connectivity index (χ0n) is 12.6. The van der Waals surface area contributed by atoms with E-state index in [0.29, 0.717) is 33.0 Å². The second-order valence-corrected chi connectivity index (χ2v) is 5.33. The Kier molecular flexibility index (Phi) is 6.57. The van der Waals surface area contributed by atoms with Crippen LogP contribution in [0, 0.1) is 5.82 Å². The van der Waals surface area contributed by atoms with Gasteiger partial charge in [0.05, 0.1) is 26.4 Å². The van der Waals surface area contributed by atoms with Gasteiger partial charge in [-0.15, -0.1) is 0 Å². The Morgan fingerprint density at radius 1 is 1.05 bits per heavy atom. The van der Waals surface area contributed by atoms with E-state index in [9.17, 15) is 4.39 Å². The molecule has 21 heavy (non-hydrogen) atoms. The molecule has 0 radical (unpaired) electrons. The molecular formula is C16H24FNO3. The third kappa shape index (κ3) is 4.48. The largest absolute Gasteiger partial charge is 0.382 e. The van der Waals surface area contributed by atoms with Crippen molar-refractivity contribution in [3.63, 3.8) is 0 Å². The number of benzene rings is 1. The molecule has 1 saturated heterocycles. The predicted octanol–water partition coefficient (Wildman–Crippen LogP) is 1.74. The average Bonchev–Trinajstić information content (AvgIpc) is 2.45. The molecule has 118 valence electrons. The molecule has 2 rings (SSSR count). The monoisotopic (exact) mass is 297 g/mol. The van der Waals surface area contributed by atoms with Gasteiger partial charge < -0.3 is 19.5 Å². The third-order valence-corrected chi connectivity index (χ3v) is 3.90. The quantitative estimate of drug-likeness (QED) is 0.668. The molecule has 0 spiro atoms. The number of hydrogen-bond donors (Lipinski definition) is 1. The summed E-state index contributed by atoms with van der Waals surface area (Å²) >= 11 is 0. The maximum absolute atomic E-state index is 14.0. The summed E-state index contributed by atoms with van der Waals surface area (Å²) in [6.07, 6.45) is 0.818. The molecule has 0 unspecified atom stereocenters. The van der Waals surface area contributed by atoms with E-state index in [1.165, 1.54) is 6.07 Å². The number of halogens is 1. The summed E-state index contributed by atoms with van der Waals surface area (Å²) in [5.41, 5.74) is 0.672. The van der Waals surface area contributed by atoms with Gasteiger partial charge in [-0.1, -0.05) is 18.2 Å². The summed E-state index contributed by atoms with van der Waals surface area (Å²) in [5.74, 6) is -0.123. The maximum atomic E-state index is 14.0. The van der Waals surface area contributed by atoms with Gasteiger partial charge in [-0.25, -0.2) is 4.39 Å². The molecule has 0 amide bonds. The molecule has 0 saturated carbocycles. The number of nitrogens with one attached hydrogen (secondary N) is 1. The molecule has 1 aliphatic heterocycles. The van der Waals surface area contributed by atoms with Gasteiger partial charge in [-0.05, 0) is 18.1 Å². The van der Waals surface area contributed by atoms with E-state index in [4.69, 9.17) is 14.2 Å². The zero-order valence-corrected chi connectivity index (χ0v) is 12.6. The van der Waals surface area contributed by atoms with Crippen LogP contribution in [0.5, 0.6) is 0 Å². The highest BCUT2D eigenvalue weighted by molar-refractivity contribution is 5.31. The van der Waals surface area contributed by atoms with Gasteiger partial charge in [0.1, 0.15) is 5.82 Å². The maximum Gasteiger partial charge on any atom is 0.127 e. The van der Waals surface area contributed by atoms with E-state index in [1.807, 2.05) is 12.1 Å². The minimum atomic E-state index is -0.123. The zero-order chi connectivity index (χ0) is 15.0. The topological polar surface area (TPSA) is 39.7 Å². The number of ether oxygens (including phenoxy) is 3. The van der Waals surface area contributed by atoms with Gasteiger partial charge >= 0.3 is 0 Å². The van der Waals surface area contributed by atoms with Crippen molar-refractivity contribution < 1.29 is 18.6 Å². The Balaban J connectivity index is 1.70. The Morgan fingerprint density at radius 3 is 2.33 bits per heavy atom. The van der Waals surface area contributed by atoms with Gasteiger partial charge in [-0.3, -0.25) is 0 Å². The summed E-state index contributed by atoms with van der Waals surface area (Å²) in [6.45, 7) is 4.54. The van der Waals surface area contributed by atoms with Crippen molar-refractivity contribution in [2.75, 3.05) is 53.2 Å². The Bertz CT molecular complexity index is 424. The van der Waals surface area contributed by atoms with E-state index in [-0.39, 0.29) is 11.2 Å². The van der Waals surface area contributed by atoms with Crippen molar-refractivity contribution in [3.8, 4) is 0 Å². The van der Waals surface area contributed by atoms with Crippen LogP contribution in [0.25, 0.3) is 0 Å². The molecular weight excluding hydrogens is 273 g/mol. The molecule has 1 aromatic carbocycles. The fraction of sp³-hybridized carbons (Fsp3) is 0.625. The first kappa shape index (κ1) is 16.4. The van der Waals surface area contributed by atoms with Crippen molar-refractivity contribution >= 4 is 0 Å². The molecule has 0 atom stereocenters. The van der Waals surface area contributed by atoms with Crippen LogP contribution in [-0.2, 0) is 19.6 Å². The summed E-state index contributed by atoms with van der Waals surface area (Å²) < 4.78 is 29.8. The van der Waals surface area contributed by atoms with Crippen LogP contribution < -0.4 is 5.32 Å². The molecule has 0 aromatic heterocycles. The first-order chi connectivity index (χ1) is 10.3. The third-order valence-electron chi connectivity index (χ3n) is 3.90. The first-order valence-corrected chi connectivity index (χ1v) is 7.39. The van der Waals surface area contributed by atoms with Gasteiger partial charge in [0.15, 0.2) is 0 Å². The second kappa shape index (κ2) is 8.44. The average molecular weight is 297 g/mol. The SMILES string of the molecule is COCCOCCOCCC1(c2ccccc2F)CNC1. The van der Waals surface area contributed by atoms with E-state index >= 15 is 0 Å². The summed E-state index contributed by atoms with van der Waals surface area (Å²) in [5, 5.41) is 3.24. The predicted molar refractivity (Wildman–Crippen MR) is 79.1 cm³/mol. The summed E-state index contributed by atoms with van der Waals surface area (Å²) in [4.78, 5) is 0. The van der Waals surface area contributed by atoms with E-state index in [1.54, 1.807) is 13.2 Å². The van der Waals surface area contributed by atoms with E-state index in [2.05, 4.69) is 5.32 Å². The van der Waals surface area contributed by atoms with Crippen molar-refractivity contribution in [3.05, 3.63) is 35.6 Å². The molecule has 0 aliphatic carbocycles. The van der Waals surface area contributed by atoms with Gasteiger partial charge in [-0.2, -0.15) is 0 Å². The standard InChI is InChI=1S/C16H24FNO3/c1-19-8-9-21-11-10-20-7-6-16(12-18-13-16)14-4-2-3-5-15(14)17/h2-5,18H,6-13H2,1H3. The Hall–Kier alpha value is -1.01. The van der Waals surface area contributed by atoms with E-state index < -0.39 is 0 Å². The fourth-order valence-electron chi connectivity index (χ4n) is 2.55.